The number of alkyl halides is 3. The van der Waals surface area contributed by atoms with Crippen LogP contribution in [0.15, 0.2) is 0 Å². The predicted molar refractivity (Wildman–Crippen MR) is 40.0 cm³/mol. The number of likely N-dealkylation sites (N-methyl/N-ethyl adjacent to an activating group) is 1. The molecule has 0 aromatic heterocycles. The lowest BCUT2D eigenvalue weighted by Gasteiger charge is -2.16. The summed E-state index contributed by atoms with van der Waals surface area (Å²) < 4.78 is 40.0. The molecule has 1 atom stereocenters. The van der Waals surface area contributed by atoms with Crippen LogP contribution in [0.3, 0.4) is 0 Å². The molecule has 5 heteroatoms. The molecule has 0 rings (SSSR count). The van der Waals surface area contributed by atoms with Crippen molar-refractivity contribution in [1.82, 2.24) is 5.32 Å². The van der Waals surface area contributed by atoms with Gasteiger partial charge < -0.3 is 10.1 Å². The van der Waals surface area contributed by atoms with Crippen molar-refractivity contribution in [1.29, 1.82) is 0 Å². The standard InChI is InChI=1S/C7H14F3NO/c1-3-11-4-5-12-6(2)7(8,9)10/h6,11H,3-5H2,1-2H3. The Morgan fingerprint density at radius 2 is 2.00 bits per heavy atom. The maximum Gasteiger partial charge on any atom is 0.414 e. The molecule has 0 bridgehead atoms. The third kappa shape index (κ3) is 5.37. The largest absolute Gasteiger partial charge is 0.414 e. The van der Waals surface area contributed by atoms with Crippen molar-refractivity contribution in [3.63, 3.8) is 0 Å². The molecular weight excluding hydrogens is 171 g/mol. The molecule has 0 amide bonds. The highest BCUT2D eigenvalue weighted by Crippen LogP contribution is 2.21. The van der Waals surface area contributed by atoms with Crippen LogP contribution in [0.2, 0.25) is 0 Å². The Morgan fingerprint density at radius 3 is 2.42 bits per heavy atom. The molecule has 0 aliphatic heterocycles. The van der Waals surface area contributed by atoms with E-state index in [1.807, 2.05) is 6.92 Å². The minimum absolute atomic E-state index is 0.0918. The molecule has 2 nitrogen and oxygen atoms in total. The molecule has 0 aromatic rings. The average molecular weight is 185 g/mol. The molecule has 1 N–H and O–H groups in total. The smallest absolute Gasteiger partial charge is 0.368 e. The maximum absolute atomic E-state index is 11.8. The molecule has 0 radical (unpaired) electrons. The van der Waals surface area contributed by atoms with E-state index in [-0.39, 0.29) is 6.61 Å². The number of nitrogens with one attached hydrogen (secondary N) is 1. The lowest BCUT2D eigenvalue weighted by Crippen LogP contribution is -2.31. The van der Waals surface area contributed by atoms with Crippen molar-refractivity contribution < 1.29 is 17.9 Å². The Kier molecular flexibility index (Phi) is 5.24. The number of rotatable bonds is 5. The van der Waals surface area contributed by atoms with Crippen LogP contribution >= 0.6 is 0 Å². The monoisotopic (exact) mass is 185 g/mol. The summed E-state index contributed by atoms with van der Waals surface area (Å²) in [5, 5.41) is 2.86. The second-order valence-corrected chi connectivity index (χ2v) is 2.41. The normalized spacial score (nSPS) is 14.8. The molecule has 0 aromatic carbocycles. The van der Waals surface area contributed by atoms with Crippen LogP contribution in [0.5, 0.6) is 0 Å². The first kappa shape index (κ1) is 11.7. The van der Waals surface area contributed by atoms with Crippen LogP contribution in [0.4, 0.5) is 13.2 Å². The molecule has 12 heavy (non-hydrogen) atoms. The van der Waals surface area contributed by atoms with E-state index < -0.39 is 12.3 Å². The van der Waals surface area contributed by atoms with Crippen molar-refractivity contribution >= 4 is 0 Å². The second kappa shape index (κ2) is 5.37. The van der Waals surface area contributed by atoms with Crippen LogP contribution in [-0.2, 0) is 4.74 Å². The van der Waals surface area contributed by atoms with Gasteiger partial charge in [-0.25, -0.2) is 0 Å². The summed E-state index contributed by atoms with van der Waals surface area (Å²) in [6.45, 7) is 4.17. The second-order valence-electron chi connectivity index (χ2n) is 2.41. The van der Waals surface area contributed by atoms with Gasteiger partial charge in [0.2, 0.25) is 0 Å². The van der Waals surface area contributed by atoms with Gasteiger partial charge in [0.1, 0.15) is 0 Å². The van der Waals surface area contributed by atoms with E-state index in [4.69, 9.17) is 0 Å². The zero-order valence-electron chi connectivity index (χ0n) is 7.24. The van der Waals surface area contributed by atoms with E-state index in [9.17, 15) is 13.2 Å². The highest BCUT2D eigenvalue weighted by atomic mass is 19.4. The Balaban J connectivity index is 3.38. The summed E-state index contributed by atoms with van der Waals surface area (Å²) in [5.41, 5.74) is 0. The first-order valence-corrected chi connectivity index (χ1v) is 3.87. The topological polar surface area (TPSA) is 21.3 Å². The minimum Gasteiger partial charge on any atom is -0.368 e. The molecule has 1 unspecified atom stereocenters. The van der Waals surface area contributed by atoms with Crippen molar-refractivity contribution in [2.24, 2.45) is 0 Å². The van der Waals surface area contributed by atoms with Crippen LogP contribution < -0.4 is 5.32 Å². The minimum atomic E-state index is -4.24. The Labute approximate surface area is 70.1 Å². The van der Waals surface area contributed by atoms with Gasteiger partial charge in [-0.3, -0.25) is 0 Å². The van der Waals surface area contributed by atoms with Gasteiger partial charge >= 0.3 is 6.18 Å². The third-order valence-electron chi connectivity index (χ3n) is 1.36. The van der Waals surface area contributed by atoms with E-state index in [1.165, 1.54) is 0 Å². The molecule has 0 saturated carbocycles. The molecule has 0 heterocycles. The third-order valence-corrected chi connectivity index (χ3v) is 1.36. The van der Waals surface area contributed by atoms with Crippen LogP contribution in [0.25, 0.3) is 0 Å². The van der Waals surface area contributed by atoms with E-state index in [0.717, 1.165) is 13.5 Å². The molecular formula is C7H14F3NO. The maximum atomic E-state index is 11.8. The summed E-state index contributed by atoms with van der Waals surface area (Å²) in [7, 11) is 0. The summed E-state index contributed by atoms with van der Waals surface area (Å²) >= 11 is 0. The lowest BCUT2D eigenvalue weighted by molar-refractivity contribution is -0.213. The predicted octanol–water partition coefficient (Wildman–Crippen LogP) is 1.56. The van der Waals surface area contributed by atoms with E-state index in [2.05, 4.69) is 10.1 Å². The van der Waals surface area contributed by atoms with Gasteiger partial charge in [-0.15, -0.1) is 0 Å². The summed E-state index contributed by atoms with van der Waals surface area (Å²) in [6, 6.07) is 0. The average Bonchev–Trinajstić information content (AvgIpc) is 1.96. The Hall–Kier alpha value is -0.290. The highest BCUT2D eigenvalue weighted by Gasteiger charge is 2.36. The fraction of sp³-hybridized carbons (Fsp3) is 1.00. The number of halogens is 3. The fourth-order valence-electron chi connectivity index (χ4n) is 0.579. The fourth-order valence-corrected chi connectivity index (χ4v) is 0.579. The van der Waals surface area contributed by atoms with Crippen molar-refractivity contribution in [3.05, 3.63) is 0 Å². The molecule has 0 aliphatic carbocycles. The van der Waals surface area contributed by atoms with Crippen LogP contribution in [0.1, 0.15) is 13.8 Å². The van der Waals surface area contributed by atoms with Crippen molar-refractivity contribution in [2.45, 2.75) is 26.1 Å². The summed E-state index contributed by atoms with van der Waals surface area (Å²) in [6.07, 6.45) is -5.91. The van der Waals surface area contributed by atoms with Crippen molar-refractivity contribution in [2.75, 3.05) is 19.7 Å². The van der Waals surface area contributed by atoms with Crippen LogP contribution in [0, 0.1) is 0 Å². The van der Waals surface area contributed by atoms with E-state index in [0.29, 0.717) is 6.54 Å². The Bertz CT molecular complexity index is 116. The highest BCUT2D eigenvalue weighted by molar-refractivity contribution is 4.60. The number of hydrogen-bond acceptors (Lipinski definition) is 2. The van der Waals surface area contributed by atoms with Gasteiger partial charge in [0.05, 0.1) is 6.61 Å². The van der Waals surface area contributed by atoms with E-state index in [1.54, 1.807) is 0 Å². The SMILES string of the molecule is CCNCCOC(C)C(F)(F)F. The number of ether oxygens (including phenoxy) is 1. The van der Waals surface area contributed by atoms with Crippen molar-refractivity contribution in [3.8, 4) is 0 Å². The summed E-state index contributed by atoms with van der Waals surface area (Å²) in [5.74, 6) is 0. The van der Waals surface area contributed by atoms with Gasteiger partial charge in [-0.2, -0.15) is 13.2 Å². The quantitative estimate of drug-likeness (QED) is 0.656. The van der Waals surface area contributed by atoms with Gasteiger partial charge in [0, 0.05) is 6.54 Å². The Morgan fingerprint density at radius 1 is 1.42 bits per heavy atom. The summed E-state index contributed by atoms with van der Waals surface area (Å²) in [4.78, 5) is 0. The molecule has 74 valence electrons. The zero-order valence-corrected chi connectivity index (χ0v) is 7.24. The first-order chi connectivity index (χ1) is 5.48. The molecule has 0 aliphatic rings. The first-order valence-electron chi connectivity index (χ1n) is 3.87. The number of hydrogen-bond donors (Lipinski definition) is 1. The molecule has 0 saturated heterocycles. The molecule has 0 spiro atoms. The van der Waals surface area contributed by atoms with Gasteiger partial charge in [0.25, 0.3) is 0 Å². The van der Waals surface area contributed by atoms with E-state index >= 15 is 0 Å². The zero-order chi connectivity index (χ0) is 9.61. The van der Waals surface area contributed by atoms with Crippen LogP contribution in [-0.4, -0.2) is 32.0 Å². The lowest BCUT2D eigenvalue weighted by atomic mass is 10.4. The van der Waals surface area contributed by atoms with Gasteiger partial charge in [0.15, 0.2) is 6.10 Å². The van der Waals surface area contributed by atoms with Gasteiger partial charge in [-0.1, -0.05) is 6.92 Å². The van der Waals surface area contributed by atoms with Gasteiger partial charge in [-0.05, 0) is 13.5 Å². The molecule has 0 fully saturated rings.